The van der Waals surface area contributed by atoms with Crippen LogP contribution in [-0.2, 0) is 6.54 Å². The average molecular weight is 430 g/mol. The summed E-state index contributed by atoms with van der Waals surface area (Å²) in [6, 6.07) is 5.40. The van der Waals surface area contributed by atoms with Crippen molar-refractivity contribution in [3.05, 3.63) is 36.4 Å². The number of hydrogen-bond acceptors (Lipinski definition) is 5. The molecule has 4 aromatic rings. The molecule has 0 amide bonds. The molecule has 0 bridgehead atoms. The summed E-state index contributed by atoms with van der Waals surface area (Å²) in [7, 11) is 0. The van der Waals surface area contributed by atoms with Crippen LogP contribution in [0.2, 0.25) is 0 Å². The number of halogens is 2. The highest BCUT2D eigenvalue weighted by molar-refractivity contribution is 5.82. The van der Waals surface area contributed by atoms with E-state index < -0.39 is 13.0 Å². The summed E-state index contributed by atoms with van der Waals surface area (Å²) in [6.45, 7) is 7.56. The van der Waals surface area contributed by atoms with Crippen LogP contribution in [0, 0.1) is 12.8 Å². The Morgan fingerprint density at radius 3 is 2.48 bits per heavy atom. The molecule has 4 heterocycles. The highest BCUT2D eigenvalue weighted by Gasteiger charge is 2.15. The summed E-state index contributed by atoms with van der Waals surface area (Å²) in [6.07, 6.45) is 5.33. The van der Waals surface area contributed by atoms with E-state index >= 15 is 0 Å². The minimum Gasteiger partial charge on any atom is -0.367 e. The molecule has 0 unspecified atom stereocenters. The number of pyridine rings is 1. The topological polar surface area (TPSA) is 86.9 Å². The largest absolute Gasteiger partial charge is 0.367 e. The lowest BCUT2D eigenvalue weighted by molar-refractivity contribution is 0.127. The number of nitrogen functional groups attached to an aromatic ring is 1. The fourth-order valence-corrected chi connectivity index (χ4v) is 3.36. The molecule has 31 heavy (non-hydrogen) atoms. The minimum atomic E-state index is -2.47. The number of aromatic nitrogens is 6. The summed E-state index contributed by atoms with van der Waals surface area (Å²) in [5.74, 6) is 1.74. The van der Waals surface area contributed by atoms with E-state index in [0.29, 0.717) is 22.7 Å². The van der Waals surface area contributed by atoms with Crippen LogP contribution in [-0.4, -0.2) is 35.6 Å². The zero-order valence-corrected chi connectivity index (χ0v) is 18.4. The summed E-state index contributed by atoms with van der Waals surface area (Å²) in [5.41, 5.74) is 8.74. The zero-order chi connectivity index (χ0) is 22.5. The Morgan fingerprint density at radius 1 is 1.16 bits per heavy atom. The van der Waals surface area contributed by atoms with E-state index in [1.807, 2.05) is 19.9 Å². The average Bonchev–Trinajstić information content (AvgIpc) is 3.28. The van der Waals surface area contributed by atoms with Crippen LogP contribution in [0.15, 0.2) is 30.6 Å². The molecule has 9 heteroatoms. The molecular formula is C22H29F2N7. The van der Waals surface area contributed by atoms with Crippen molar-refractivity contribution in [1.29, 1.82) is 0 Å². The van der Waals surface area contributed by atoms with Gasteiger partial charge in [0.2, 0.25) is 5.95 Å². The number of hydrogen-bond donors (Lipinski definition) is 1. The lowest BCUT2D eigenvalue weighted by Gasteiger charge is -2.18. The van der Waals surface area contributed by atoms with E-state index in [1.54, 1.807) is 36.0 Å². The Hall–Kier alpha value is -3.10. The van der Waals surface area contributed by atoms with Gasteiger partial charge in [-0.25, -0.2) is 28.2 Å². The van der Waals surface area contributed by atoms with Gasteiger partial charge in [-0.05, 0) is 31.0 Å². The van der Waals surface area contributed by atoms with Gasteiger partial charge >= 0.3 is 0 Å². The van der Waals surface area contributed by atoms with Crippen molar-refractivity contribution >= 4 is 22.6 Å². The van der Waals surface area contributed by atoms with E-state index in [4.69, 9.17) is 5.73 Å². The van der Waals surface area contributed by atoms with Crippen LogP contribution in [0.1, 0.15) is 45.9 Å². The second kappa shape index (κ2) is 9.80. The smallest absolute Gasteiger partial charge is 0.256 e. The molecule has 7 nitrogen and oxygen atoms in total. The maximum atomic E-state index is 12.8. The van der Waals surface area contributed by atoms with Crippen LogP contribution in [0.25, 0.3) is 27.9 Å². The van der Waals surface area contributed by atoms with Crippen LogP contribution >= 0.6 is 0 Å². The van der Waals surface area contributed by atoms with Gasteiger partial charge < -0.3 is 10.3 Å². The van der Waals surface area contributed by atoms with Gasteiger partial charge in [0.25, 0.3) is 6.43 Å². The van der Waals surface area contributed by atoms with Gasteiger partial charge in [0.1, 0.15) is 11.3 Å². The number of aryl methyl sites for hydroxylation is 1. The molecule has 1 aliphatic carbocycles. The molecule has 1 aliphatic rings. The highest BCUT2D eigenvalue weighted by atomic mass is 19.3. The Morgan fingerprint density at radius 2 is 1.87 bits per heavy atom. The van der Waals surface area contributed by atoms with Crippen LogP contribution < -0.4 is 5.73 Å². The van der Waals surface area contributed by atoms with Gasteiger partial charge in [0.15, 0.2) is 5.65 Å². The molecule has 0 atom stereocenters. The molecule has 0 aromatic carbocycles. The third-order valence-electron chi connectivity index (χ3n) is 5.21. The van der Waals surface area contributed by atoms with Crippen molar-refractivity contribution in [3.63, 3.8) is 0 Å². The predicted molar refractivity (Wildman–Crippen MR) is 119 cm³/mol. The maximum Gasteiger partial charge on any atom is 0.256 e. The van der Waals surface area contributed by atoms with Gasteiger partial charge in [-0.2, -0.15) is 0 Å². The van der Waals surface area contributed by atoms with E-state index in [-0.39, 0.29) is 5.95 Å². The van der Waals surface area contributed by atoms with Crippen LogP contribution in [0.3, 0.4) is 0 Å². The van der Waals surface area contributed by atoms with Crippen molar-refractivity contribution in [2.75, 3.05) is 5.73 Å². The van der Waals surface area contributed by atoms with E-state index in [9.17, 15) is 8.78 Å². The van der Waals surface area contributed by atoms with Crippen LogP contribution in [0.4, 0.5) is 14.7 Å². The normalized spacial score (nSPS) is 13.5. The number of imidazole rings is 1. The second-order valence-electron chi connectivity index (χ2n) is 7.41. The fraction of sp³-hybridized carbons (Fsp3) is 0.455. The Balaban J connectivity index is 0.000000337. The van der Waals surface area contributed by atoms with Gasteiger partial charge in [-0.1, -0.05) is 40.0 Å². The quantitative estimate of drug-likeness (QED) is 0.488. The first-order valence-electron chi connectivity index (χ1n) is 10.6. The number of nitrogens with two attached hydrogens (primary N) is 1. The summed E-state index contributed by atoms with van der Waals surface area (Å²) >= 11 is 0. The summed E-state index contributed by atoms with van der Waals surface area (Å²) in [4.78, 5) is 12.8. The van der Waals surface area contributed by atoms with Crippen molar-refractivity contribution in [2.45, 2.75) is 59.9 Å². The Bertz CT molecular complexity index is 1150. The SMILES string of the molecule is CC.CC1CCC1.Cc1nc2ccc(-c3ccn4nc(N)ncc34)nc2n1CC(F)F. The molecule has 0 aliphatic heterocycles. The van der Waals surface area contributed by atoms with Gasteiger partial charge in [-0.3, -0.25) is 0 Å². The molecule has 166 valence electrons. The molecule has 0 saturated heterocycles. The molecule has 5 rings (SSSR count). The first kappa shape index (κ1) is 22.6. The highest BCUT2D eigenvalue weighted by Crippen LogP contribution is 2.26. The number of alkyl halides is 2. The first-order valence-corrected chi connectivity index (χ1v) is 10.6. The van der Waals surface area contributed by atoms with Gasteiger partial charge in [0.05, 0.1) is 24.0 Å². The standard InChI is InChI=1S/C15H13F2N7.C5H10.C2H6/c1-8-20-11-3-2-10(21-14(11)23(8)7-13(16)17)9-4-5-24-12(9)6-19-15(18)22-24;1-5-3-2-4-5;1-2/h2-6,13H,7H2,1H3,(H2,18,22);5H,2-4H2,1H3;1-2H3. The van der Waals surface area contributed by atoms with Crippen molar-refractivity contribution in [2.24, 2.45) is 5.92 Å². The molecule has 0 spiro atoms. The minimum absolute atomic E-state index is 0.165. The van der Waals surface area contributed by atoms with E-state index in [1.165, 1.54) is 23.8 Å². The monoisotopic (exact) mass is 429 g/mol. The van der Waals surface area contributed by atoms with Crippen molar-refractivity contribution in [3.8, 4) is 11.3 Å². The second-order valence-corrected chi connectivity index (χ2v) is 7.41. The number of nitrogens with zero attached hydrogens (tertiary/aromatic N) is 6. The molecular weight excluding hydrogens is 400 g/mol. The molecule has 0 radical (unpaired) electrons. The number of anilines is 1. The fourth-order valence-electron chi connectivity index (χ4n) is 3.36. The Kier molecular flexibility index (Phi) is 7.14. The summed E-state index contributed by atoms with van der Waals surface area (Å²) in [5, 5.41) is 4.08. The third-order valence-corrected chi connectivity index (χ3v) is 5.21. The van der Waals surface area contributed by atoms with Crippen molar-refractivity contribution in [1.82, 2.24) is 29.1 Å². The number of rotatable bonds is 3. The van der Waals surface area contributed by atoms with Gasteiger partial charge in [0, 0.05) is 11.8 Å². The number of fused-ring (bicyclic) bond motifs is 2. The third kappa shape index (κ3) is 4.98. The summed E-state index contributed by atoms with van der Waals surface area (Å²) < 4.78 is 28.7. The Labute approximate surface area is 180 Å². The van der Waals surface area contributed by atoms with E-state index in [2.05, 4.69) is 27.0 Å². The lowest BCUT2D eigenvalue weighted by Crippen LogP contribution is -2.08. The zero-order valence-electron chi connectivity index (χ0n) is 18.4. The lowest BCUT2D eigenvalue weighted by atomic mass is 9.88. The molecule has 1 saturated carbocycles. The predicted octanol–water partition coefficient (Wildman–Crippen LogP) is 5.13. The molecule has 2 N–H and O–H groups in total. The van der Waals surface area contributed by atoms with Crippen molar-refractivity contribution < 1.29 is 8.78 Å². The first-order chi connectivity index (χ1) is 14.9. The van der Waals surface area contributed by atoms with E-state index in [0.717, 1.165) is 17.0 Å². The molecule has 4 aromatic heterocycles. The maximum absolute atomic E-state index is 12.8. The van der Waals surface area contributed by atoms with Crippen LogP contribution in [0.5, 0.6) is 0 Å². The molecule has 1 fully saturated rings. The van der Waals surface area contributed by atoms with Gasteiger partial charge in [-0.15, -0.1) is 5.10 Å².